The van der Waals surface area contributed by atoms with Gasteiger partial charge in [0.2, 0.25) is 0 Å². The van der Waals surface area contributed by atoms with Crippen LogP contribution in [0.5, 0.6) is 0 Å². The number of unbranched alkanes of at least 4 members (excludes halogenated alkanes) is 3. The maximum atomic E-state index is 13.7. The molecule has 0 heterocycles. The molecule has 0 rings (SSSR count). The number of ether oxygens (including phenoxy) is 1. The van der Waals surface area contributed by atoms with Crippen LogP contribution in [0.2, 0.25) is 49.6 Å². The van der Waals surface area contributed by atoms with Gasteiger partial charge in [0.25, 0.3) is 0 Å². The van der Waals surface area contributed by atoms with Crippen molar-refractivity contribution in [1.29, 1.82) is 0 Å². The molecular weight excluding hydrogens is 774 g/mol. The maximum absolute atomic E-state index is 13.7. The van der Waals surface area contributed by atoms with Gasteiger partial charge < -0.3 is 0 Å². The van der Waals surface area contributed by atoms with Gasteiger partial charge in [-0.25, -0.2) is 0 Å². The SMILES string of the molecule is CCC[CH2][Sn](/[CH]=C/[C@H](C[C@@H](OC(=O)CP(=O)(OCC)OCC)[C@@H](CC)O[Si](C)(C)C(C)(C)C)O[Si](C)(C)C(C)(C)C)([CH2]CCC)[CH2]CCC. The standard InChI is InChI=1S/C26H54O7PSi2.3C4H9.Sn/c1-15-21(32-35(11,12)25(5,6)7)19-23(22(16-2)33-36(13,14)26(8,9)10)31-24(27)20-34(28,29-17-3)30-18-4;3*1-3-4-2;/h1,15,21-23H,16-20H2,2-14H3;3*1,3-4H2,2H3;/t21-,22-,23-;;;;/m1..../s1. The number of hydrogen-bond acceptors (Lipinski definition) is 7. The molecule has 0 bridgehead atoms. The van der Waals surface area contributed by atoms with E-state index in [0.717, 1.165) is 0 Å². The van der Waals surface area contributed by atoms with E-state index < -0.39 is 60.8 Å². The number of hydrogen-bond donors (Lipinski definition) is 0. The van der Waals surface area contributed by atoms with Gasteiger partial charge in [-0.2, -0.15) is 0 Å². The fourth-order valence-corrected chi connectivity index (χ4v) is 24.2. The van der Waals surface area contributed by atoms with Crippen LogP contribution in [0.15, 0.2) is 10.2 Å². The zero-order chi connectivity index (χ0) is 38.2. The molecule has 0 aromatic heterocycles. The van der Waals surface area contributed by atoms with Crippen LogP contribution in [0.25, 0.3) is 0 Å². The van der Waals surface area contributed by atoms with Gasteiger partial charge >= 0.3 is 312 Å². The van der Waals surface area contributed by atoms with Crippen molar-refractivity contribution in [3.8, 4) is 0 Å². The quantitative estimate of drug-likeness (QED) is 0.0487. The second-order valence-electron chi connectivity index (χ2n) is 17.1. The fraction of sp³-hybridized carbons (Fsp3) is 0.921. The monoisotopic (exact) mass is 856 g/mol. The van der Waals surface area contributed by atoms with Gasteiger partial charge in [-0.15, -0.1) is 0 Å². The van der Waals surface area contributed by atoms with E-state index >= 15 is 0 Å². The van der Waals surface area contributed by atoms with E-state index in [1.807, 2.05) is 0 Å². The Balaban J connectivity index is 7.14. The fourth-order valence-electron chi connectivity index (χ4n) is 5.61. The molecule has 0 spiro atoms. The Morgan fingerprint density at radius 3 is 1.51 bits per heavy atom. The van der Waals surface area contributed by atoms with E-state index in [1.165, 1.54) is 51.8 Å². The predicted octanol–water partition coefficient (Wildman–Crippen LogP) is 12.7. The van der Waals surface area contributed by atoms with E-state index in [-0.39, 0.29) is 35.5 Å². The van der Waals surface area contributed by atoms with Crippen LogP contribution in [0, 0.1) is 0 Å². The molecule has 3 atom stereocenters. The number of esters is 1. The molecular formula is C38H81O7PSi2Sn. The van der Waals surface area contributed by atoms with Crippen molar-refractivity contribution in [1.82, 2.24) is 0 Å². The molecule has 0 aromatic rings. The summed E-state index contributed by atoms with van der Waals surface area (Å²) >= 11 is -2.66. The number of carbonyl (C=O) groups excluding carboxylic acids is 1. The van der Waals surface area contributed by atoms with Crippen molar-refractivity contribution >= 4 is 48.6 Å². The molecule has 49 heavy (non-hydrogen) atoms. The molecule has 0 aliphatic carbocycles. The van der Waals surface area contributed by atoms with Crippen molar-refractivity contribution in [2.75, 3.05) is 19.4 Å². The van der Waals surface area contributed by atoms with Gasteiger partial charge in [0, 0.05) is 0 Å². The normalized spacial score (nSPS) is 15.8. The molecule has 0 unspecified atom stereocenters. The van der Waals surface area contributed by atoms with E-state index in [9.17, 15) is 9.36 Å². The minimum atomic E-state index is -3.63. The third-order valence-electron chi connectivity index (χ3n) is 10.8. The molecule has 0 N–H and O–H groups in total. The Hall–Kier alpha value is 0.512. The zero-order valence-corrected chi connectivity index (χ0v) is 40.8. The van der Waals surface area contributed by atoms with Gasteiger partial charge in [-0.05, 0) is 0 Å². The van der Waals surface area contributed by atoms with Crippen LogP contribution in [0.1, 0.15) is 134 Å². The predicted molar refractivity (Wildman–Crippen MR) is 219 cm³/mol. The van der Waals surface area contributed by atoms with Gasteiger partial charge in [0.1, 0.15) is 0 Å². The summed E-state index contributed by atoms with van der Waals surface area (Å²) in [5, 5.41) is -0.000848. The van der Waals surface area contributed by atoms with Crippen LogP contribution >= 0.6 is 7.60 Å². The second-order valence-corrected chi connectivity index (χ2v) is 41.7. The molecule has 0 aliphatic rings. The number of carbonyl (C=O) groups is 1. The Morgan fingerprint density at radius 2 is 1.14 bits per heavy atom. The van der Waals surface area contributed by atoms with E-state index in [4.69, 9.17) is 22.6 Å². The summed E-state index contributed by atoms with van der Waals surface area (Å²) in [6, 6.07) is 0. The summed E-state index contributed by atoms with van der Waals surface area (Å²) in [6.45, 7) is 35.5. The Bertz CT molecular complexity index is 975. The molecule has 0 aliphatic heterocycles. The Kier molecular flexibility index (Phi) is 22.9. The Morgan fingerprint density at radius 1 is 0.714 bits per heavy atom. The van der Waals surface area contributed by atoms with Crippen LogP contribution < -0.4 is 0 Å². The molecule has 0 saturated heterocycles. The number of rotatable bonds is 26. The summed E-state index contributed by atoms with van der Waals surface area (Å²) in [5.41, 5.74) is 0. The topological polar surface area (TPSA) is 80.3 Å². The van der Waals surface area contributed by atoms with Crippen LogP contribution in [-0.4, -0.2) is 78.7 Å². The van der Waals surface area contributed by atoms with Crippen LogP contribution in [0.4, 0.5) is 0 Å². The van der Waals surface area contributed by atoms with Gasteiger partial charge in [-0.1, -0.05) is 0 Å². The van der Waals surface area contributed by atoms with E-state index in [1.54, 1.807) is 13.8 Å². The minimum absolute atomic E-state index is 0.0156. The van der Waals surface area contributed by atoms with Crippen molar-refractivity contribution in [2.24, 2.45) is 0 Å². The van der Waals surface area contributed by atoms with Crippen molar-refractivity contribution in [3.05, 3.63) is 10.2 Å². The second kappa shape index (κ2) is 22.7. The first-order valence-electron chi connectivity index (χ1n) is 19.6. The molecule has 0 aromatic carbocycles. The third kappa shape index (κ3) is 17.9. The summed E-state index contributed by atoms with van der Waals surface area (Å²) in [6.07, 6.45) is 9.59. The van der Waals surface area contributed by atoms with E-state index in [2.05, 4.69) is 106 Å². The van der Waals surface area contributed by atoms with Crippen molar-refractivity contribution in [2.45, 2.75) is 202 Å². The molecule has 11 heteroatoms. The van der Waals surface area contributed by atoms with Gasteiger partial charge in [0.15, 0.2) is 0 Å². The first-order valence-corrected chi connectivity index (χ1v) is 34.9. The first-order chi connectivity index (χ1) is 22.5. The molecule has 7 nitrogen and oxygen atoms in total. The van der Waals surface area contributed by atoms with E-state index in [0.29, 0.717) is 12.8 Å². The summed E-state index contributed by atoms with van der Waals surface area (Å²) in [7, 11) is -8.08. The van der Waals surface area contributed by atoms with Crippen molar-refractivity contribution < 1.29 is 32.0 Å². The van der Waals surface area contributed by atoms with Crippen molar-refractivity contribution in [3.63, 3.8) is 0 Å². The van der Waals surface area contributed by atoms with Crippen LogP contribution in [0.3, 0.4) is 0 Å². The molecule has 0 saturated carbocycles. The third-order valence-corrected chi connectivity index (χ3v) is 35.9. The molecule has 0 fully saturated rings. The zero-order valence-electron chi connectivity index (χ0n) is 35.1. The average molecular weight is 856 g/mol. The van der Waals surface area contributed by atoms with Gasteiger partial charge in [0.05, 0.1) is 0 Å². The Labute approximate surface area is 310 Å². The average Bonchev–Trinajstić information content (AvgIpc) is 2.97. The molecule has 292 valence electrons. The molecule has 0 amide bonds. The van der Waals surface area contributed by atoms with Gasteiger partial charge in [-0.3, -0.25) is 0 Å². The summed E-state index contributed by atoms with van der Waals surface area (Å²) in [4.78, 5) is 13.7. The summed E-state index contributed by atoms with van der Waals surface area (Å²) in [5.74, 6) is -0.579. The first kappa shape index (κ1) is 49.5. The molecule has 0 radical (unpaired) electrons. The summed E-state index contributed by atoms with van der Waals surface area (Å²) < 4.78 is 51.8. The van der Waals surface area contributed by atoms with Crippen LogP contribution in [-0.2, 0) is 32.0 Å².